The minimum atomic E-state index is 0.140. The van der Waals surface area contributed by atoms with Gasteiger partial charge in [0.1, 0.15) is 0 Å². The van der Waals surface area contributed by atoms with Crippen LogP contribution in [0.5, 0.6) is 0 Å². The average Bonchev–Trinajstić information content (AvgIpc) is 3.49. The Bertz CT molecular complexity index is 1490. The van der Waals surface area contributed by atoms with E-state index in [-0.39, 0.29) is 5.41 Å². The first-order valence-electron chi connectivity index (χ1n) is 11.2. The fraction of sp³-hybridized carbons (Fsp3) is 0.172. The molecule has 0 N–H and O–H groups in total. The van der Waals surface area contributed by atoms with Crippen molar-refractivity contribution < 1.29 is 0 Å². The molecule has 1 saturated carbocycles. The van der Waals surface area contributed by atoms with Crippen molar-refractivity contribution in [2.24, 2.45) is 0 Å². The topological polar surface area (TPSA) is 4.93 Å². The predicted octanol–water partition coefficient (Wildman–Crippen LogP) is 8.28. The SMILES string of the molecule is Clc1ccc2c(c1)-c1c(ccc3c4ccccc4n(-c4ccccc4)c13)C21CCCC1. The molecule has 0 saturated heterocycles. The molecule has 4 aromatic carbocycles. The average molecular weight is 420 g/mol. The molecule has 1 aromatic heterocycles. The van der Waals surface area contributed by atoms with Crippen LogP contribution in [0.15, 0.2) is 84.9 Å². The highest BCUT2D eigenvalue weighted by Gasteiger charge is 2.46. The maximum atomic E-state index is 6.56. The number of rotatable bonds is 1. The summed E-state index contributed by atoms with van der Waals surface area (Å²) in [6, 6.07) is 30.9. The molecule has 5 aromatic rings. The van der Waals surface area contributed by atoms with Crippen molar-refractivity contribution in [3.05, 3.63) is 101 Å². The fourth-order valence-corrected chi connectivity index (χ4v) is 6.55. The summed E-state index contributed by atoms with van der Waals surface area (Å²) in [7, 11) is 0. The van der Waals surface area contributed by atoms with Crippen molar-refractivity contribution in [3.63, 3.8) is 0 Å². The Morgan fingerprint density at radius 1 is 0.710 bits per heavy atom. The number of nitrogens with zero attached hydrogens (tertiary/aromatic N) is 1. The molecule has 150 valence electrons. The zero-order valence-corrected chi connectivity index (χ0v) is 18.0. The van der Waals surface area contributed by atoms with E-state index in [2.05, 4.69) is 89.5 Å². The van der Waals surface area contributed by atoms with Crippen LogP contribution in [0.1, 0.15) is 36.8 Å². The van der Waals surface area contributed by atoms with Crippen LogP contribution < -0.4 is 0 Å². The zero-order valence-electron chi connectivity index (χ0n) is 17.2. The molecule has 0 atom stereocenters. The van der Waals surface area contributed by atoms with Crippen molar-refractivity contribution >= 4 is 33.4 Å². The van der Waals surface area contributed by atoms with E-state index in [1.54, 1.807) is 0 Å². The summed E-state index contributed by atoms with van der Waals surface area (Å²) in [6.45, 7) is 0. The third kappa shape index (κ3) is 2.22. The van der Waals surface area contributed by atoms with Crippen LogP contribution in [0.2, 0.25) is 5.02 Å². The van der Waals surface area contributed by atoms with Gasteiger partial charge in [0, 0.05) is 32.5 Å². The molecule has 1 spiro atoms. The van der Waals surface area contributed by atoms with Gasteiger partial charge in [-0.2, -0.15) is 0 Å². The molecule has 1 heterocycles. The van der Waals surface area contributed by atoms with Crippen LogP contribution in [0.25, 0.3) is 38.6 Å². The van der Waals surface area contributed by atoms with Gasteiger partial charge < -0.3 is 4.57 Å². The molecule has 2 aliphatic rings. The summed E-state index contributed by atoms with van der Waals surface area (Å²) in [5.74, 6) is 0. The van der Waals surface area contributed by atoms with Crippen LogP contribution in [0.4, 0.5) is 0 Å². The van der Waals surface area contributed by atoms with E-state index in [1.165, 1.54) is 75.4 Å². The molecule has 0 aliphatic heterocycles. The molecule has 1 fully saturated rings. The van der Waals surface area contributed by atoms with Gasteiger partial charge in [-0.3, -0.25) is 0 Å². The summed E-state index contributed by atoms with van der Waals surface area (Å²) < 4.78 is 2.46. The molecule has 1 nitrogen and oxygen atoms in total. The Labute approximate surface area is 186 Å². The molecule has 0 unspecified atom stereocenters. The molecule has 0 amide bonds. The van der Waals surface area contributed by atoms with Gasteiger partial charge in [0.25, 0.3) is 0 Å². The maximum absolute atomic E-state index is 6.56. The highest BCUT2D eigenvalue weighted by atomic mass is 35.5. The van der Waals surface area contributed by atoms with E-state index in [9.17, 15) is 0 Å². The number of halogens is 1. The largest absolute Gasteiger partial charge is 0.309 e. The minimum Gasteiger partial charge on any atom is -0.309 e. The van der Waals surface area contributed by atoms with Crippen molar-refractivity contribution in [3.8, 4) is 16.8 Å². The Morgan fingerprint density at radius 3 is 2.29 bits per heavy atom. The van der Waals surface area contributed by atoms with E-state index in [0.29, 0.717) is 0 Å². The van der Waals surface area contributed by atoms with E-state index in [1.807, 2.05) is 0 Å². The number of aromatic nitrogens is 1. The van der Waals surface area contributed by atoms with E-state index in [4.69, 9.17) is 11.6 Å². The second kappa shape index (κ2) is 6.24. The fourth-order valence-electron chi connectivity index (χ4n) is 6.38. The smallest absolute Gasteiger partial charge is 0.0622 e. The van der Waals surface area contributed by atoms with Crippen molar-refractivity contribution in [1.82, 2.24) is 4.57 Å². The van der Waals surface area contributed by atoms with Gasteiger partial charge in [0.2, 0.25) is 0 Å². The predicted molar refractivity (Wildman–Crippen MR) is 130 cm³/mol. The molecule has 0 bridgehead atoms. The Hall–Kier alpha value is -3.03. The van der Waals surface area contributed by atoms with Gasteiger partial charge in [-0.15, -0.1) is 0 Å². The van der Waals surface area contributed by atoms with Gasteiger partial charge in [-0.1, -0.05) is 79.0 Å². The number of hydrogen-bond acceptors (Lipinski definition) is 0. The lowest BCUT2D eigenvalue weighted by Gasteiger charge is -2.26. The molecule has 7 rings (SSSR count). The first-order valence-corrected chi connectivity index (χ1v) is 11.6. The standard InChI is InChI=1S/C29H22ClN/c30-19-12-14-24-23(18-19)27-25(29(24)16-6-7-17-29)15-13-22-21-10-4-5-11-26(21)31(28(22)27)20-8-2-1-3-9-20/h1-5,8-15,18H,6-7,16-17H2. The molecular formula is C29H22ClN. The lowest BCUT2D eigenvalue weighted by molar-refractivity contribution is 0.550. The van der Waals surface area contributed by atoms with E-state index >= 15 is 0 Å². The van der Waals surface area contributed by atoms with Crippen LogP contribution in [0.3, 0.4) is 0 Å². The number of fused-ring (bicyclic) bond motifs is 9. The highest BCUT2D eigenvalue weighted by molar-refractivity contribution is 6.31. The second-order valence-electron chi connectivity index (χ2n) is 9.05. The summed E-state index contributed by atoms with van der Waals surface area (Å²) in [5.41, 5.74) is 9.60. The Kier molecular flexibility index (Phi) is 3.55. The summed E-state index contributed by atoms with van der Waals surface area (Å²) >= 11 is 6.56. The number of benzene rings is 4. The van der Waals surface area contributed by atoms with Crippen molar-refractivity contribution in [2.75, 3.05) is 0 Å². The first kappa shape index (κ1) is 17.6. The van der Waals surface area contributed by atoms with Gasteiger partial charge in [0.05, 0.1) is 11.0 Å². The van der Waals surface area contributed by atoms with Crippen molar-refractivity contribution in [2.45, 2.75) is 31.1 Å². The van der Waals surface area contributed by atoms with Crippen LogP contribution in [-0.2, 0) is 5.41 Å². The van der Waals surface area contributed by atoms with Gasteiger partial charge in [-0.25, -0.2) is 0 Å². The van der Waals surface area contributed by atoms with Gasteiger partial charge in [0.15, 0.2) is 0 Å². The molecule has 31 heavy (non-hydrogen) atoms. The lowest BCUT2D eigenvalue weighted by Crippen LogP contribution is -2.20. The highest BCUT2D eigenvalue weighted by Crippen LogP contribution is 2.59. The number of para-hydroxylation sites is 2. The normalized spacial score (nSPS) is 16.3. The Morgan fingerprint density at radius 2 is 1.45 bits per heavy atom. The van der Waals surface area contributed by atoms with Gasteiger partial charge >= 0.3 is 0 Å². The summed E-state index contributed by atoms with van der Waals surface area (Å²) in [5, 5.41) is 3.44. The minimum absolute atomic E-state index is 0.140. The van der Waals surface area contributed by atoms with Crippen LogP contribution in [0, 0.1) is 0 Å². The van der Waals surface area contributed by atoms with Crippen LogP contribution >= 0.6 is 11.6 Å². The van der Waals surface area contributed by atoms with Gasteiger partial charge in [-0.05, 0) is 59.9 Å². The monoisotopic (exact) mass is 419 g/mol. The number of hydrogen-bond donors (Lipinski definition) is 0. The third-order valence-corrected chi connectivity index (χ3v) is 7.83. The van der Waals surface area contributed by atoms with Crippen molar-refractivity contribution in [1.29, 1.82) is 0 Å². The van der Waals surface area contributed by atoms with E-state index < -0.39 is 0 Å². The van der Waals surface area contributed by atoms with Crippen LogP contribution in [-0.4, -0.2) is 4.57 Å². The van der Waals surface area contributed by atoms with E-state index in [0.717, 1.165) is 5.02 Å². The lowest BCUT2D eigenvalue weighted by atomic mass is 9.77. The third-order valence-electron chi connectivity index (χ3n) is 7.59. The quantitative estimate of drug-likeness (QED) is 0.257. The molecular weight excluding hydrogens is 398 g/mol. The molecule has 2 heteroatoms. The maximum Gasteiger partial charge on any atom is 0.0622 e. The summed E-state index contributed by atoms with van der Waals surface area (Å²) in [4.78, 5) is 0. The first-order chi connectivity index (χ1) is 15.3. The molecule has 0 radical (unpaired) electrons. The zero-order chi connectivity index (χ0) is 20.6. The molecule has 2 aliphatic carbocycles. The summed E-state index contributed by atoms with van der Waals surface area (Å²) in [6.07, 6.45) is 5.04. The Balaban J connectivity index is 1.72. The second-order valence-corrected chi connectivity index (χ2v) is 9.49.